The van der Waals surface area contributed by atoms with Crippen molar-refractivity contribution in [2.24, 2.45) is 16.7 Å². The van der Waals surface area contributed by atoms with Crippen LogP contribution in [0.25, 0.3) is 0 Å². The zero-order valence-corrected chi connectivity index (χ0v) is 15.1. The van der Waals surface area contributed by atoms with Gasteiger partial charge in [0.05, 0.1) is 24.9 Å². The summed E-state index contributed by atoms with van der Waals surface area (Å²) in [7, 11) is 4.23. The van der Waals surface area contributed by atoms with Gasteiger partial charge in [-0.25, -0.2) is 0 Å². The maximum absolute atomic E-state index is 11.8. The highest BCUT2D eigenvalue weighted by molar-refractivity contribution is 5.21. The predicted molar refractivity (Wildman–Crippen MR) is 88.9 cm³/mol. The number of ether oxygens (including phenoxy) is 1. The molecular weight excluding hydrogens is 276 g/mol. The second-order valence-electron chi connectivity index (χ2n) is 8.85. The molecule has 1 aliphatic heterocycles. The molecule has 0 radical (unpaired) electrons. The maximum atomic E-state index is 11.8. The first-order valence-corrected chi connectivity index (χ1v) is 8.91. The Bertz CT molecular complexity index is 425. The molecule has 4 heteroatoms. The van der Waals surface area contributed by atoms with E-state index in [4.69, 9.17) is 4.74 Å². The fourth-order valence-electron chi connectivity index (χ4n) is 5.51. The molecule has 2 aliphatic carbocycles. The quantitative estimate of drug-likeness (QED) is 0.859. The third kappa shape index (κ3) is 2.18. The molecule has 22 heavy (non-hydrogen) atoms. The average Bonchev–Trinajstić information content (AvgIpc) is 2.77. The van der Waals surface area contributed by atoms with Crippen LogP contribution in [0.3, 0.4) is 0 Å². The topological polar surface area (TPSA) is 35.9 Å². The van der Waals surface area contributed by atoms with Crippen LogP contribution < -0.4 is 0 Å². The Morgan fingerprint density at radius 1 is 1.27 bits per heavy atom. The minimum atomic E-state index is -0.605. The fourth-order valence-corrected chi connectivity index (χ4v) is 5.51. The van der Waals surface area contributed by atoms with Crippen LogP contribution in [0.2, 0.25) is 0 Å². The van der Waals surface area contributed by atoms with Gasteiger partial charge in [0.15, 0.2) is 0 Å². The Balaban J connectivity index is 1.84. The summed E-state index contributed by atoms with van der Waals surface area (Å²) in [5.74, 6) is 0.653. The van der Waals surface area contributed by atoms with E-state index in [0.29, 0.717) is 12.5 Å². The number of hydrogen-bond donors (Lipinski definition) is 1. The zero-order chi connectivity index (χ0) is 16.2. The van der Waals surface area contributed by atoms with Gasteiger partial charge in [-0.2, -0.15) is 0 Å². The minimum Gasteiger partial charge on any atom is -0.388 e. The summed E-state index contributed by atoms with van der Waals surface area (Å²) in [6.07, 6.45) is 3.37. The maximum Gasteiger partial charge on any atom is 0.0885 e. The van der Waals surface area contributed by atoms with Gasteiger partial charge in [-0.05, 0) is 44.7 Å². The summed E-state index contributed by atoms with van der Waals surface area (Å²) in [6, 6.07) is 0.149. The number of aliphatic hydroxyl groups is 1. The molecule has 1 saturated heterocycles. The van der Waals surface area contributed by atoms with E-state index in [2.05, 4.69) is 44.7 Å². The lowest BCUT2D eigenvalue weighted by atomic mass is 9.62. The highest BCUT2D eigenvalue weighted by Crippen LogP contribution is 2.70. The molecule has 4 unspecified atom stereocenters. The number of nitrogens with zero attached hydrogens (tertiary/aromatic N) is 2. The average molecular weight is 310 g/mol. The van der Waals surface area contributed by atoms with E-state index in [1.165, 1.54) is 6.42 Å². The molecule has 0 spiro atoms. The number of hydrogen-bond acceptors (Lipinski definition) is 4. The van der Waals surface area contributed by atoms with E-state index in [-0.39, 0.29) is 16.9 Å². The second kappa shape index (κ2) is 5.44. The molecule has 1 heterocycles. The van der Waals surface area contributed by atoms with Gasteiger partial charge in [-0.1, -0.05) is 20.8 Å². The van der Waals surface area contributed by atoms with E-state index >= 15 is 0 Å². The Morgan fingerprint density at radius 3 is 2.55 bits per heavy atom. The largest absolute Gasteiger partial charge is 0.388 e. The SMILES string of the molecule is CN(C)CCN1CCOCC1C1(O)CC2CCC1(C)C2(C)C. The third-order valence-electron chi connectivity index (χ3n) is 7.57. The molecule has 3 aliphatic rings. The van der Waals surface area contributed by atoms with Crippen LogP contribution in [-0.4, -0.2) is 73.5 Å². The lowest BCUT2D eigenvalue weighted by Crippen LogP contribution is -2.65. The van der Waals surface area contributed by atoms with Crippen LogP contribution in [0.15, 0.2) is 0 Å². The molecule has 3 fully saturated rings. The molecule has 0 aromatic rings. The summed E-state index contributed by atoms with van der Waals surface area (Å²) < 4.78 is 5.80. The van der Waals surface area contributed by atoms with Gasteiger partial charge in [0.25, 0.3) is 0 Å². The van der Waals surface area contributed by atoms with Crippen molar-refractivity contribution in [3.05, 3.63) is 0 Å². The smallest absolute Gasteiger partial charge is 0.0885 e. The van der Waals surface area contributed by atoms with Crippen LogP contribution in [0.1, 0.15) is 40.0 Å². The van der Waals surface area contributed by atoms with Crippen LogP contribution in [-0.2, 0) is 4.74 Å². The summed E-state index contributed by atoms with van der Waals surface area (Å²) >= 11 is 0. The number of rotatable bonds is 4. The lowest BCUT2D eigenvalue weighted by molar-refractivity contribution is -0.174. The Hall–Kier alpha value is -0.160. The predicted octanol–water partition coefficient (Wildman–Crippen LogP) is 1.83. The normalized spacial score (nSPS) is 44.9. The third-order valence-corrected chi connectivity index (χ3v) is 7.57. The molecule has 4 nitrogen and oxygen atoms in total. The molecule has 1 N–H and O–H groups in total. The molecule has 0 aromatic carbocycles. The van der Waals surface area contributed by atoms with Crippen molar-refractivity contribution in [1.82, 2.24) is 9.80 Å². The molecular formula is C18H34N2O2. The minimum absolute atomic E-state index is 0.00635. The number of fused-ring (bicyclic) bond motifs is 2. The molecule has 4 atom stereocenters. The van der Waals surface area contributed by atoms with Gasteiger partial charge < -0.3 is 14.7 Å². The molecule has 0 amide bonds. The van der Waals surface area contributed by atoms with Crippen molar-refractivity contribution in [3.63, 3.8) is 0 Å². The number of likely N-dealkylation sites (N-methyl/N-ethyl adjacent to an activating group) is 1. The van der Waals surface area contributed by atoms with Crippen molar-refractivity contribution in [2.75, 3.05) is 46.9 Å². The molecule has 2 bridgehead atoms. The van der Waals surface area contributed by atoms with E-state index in [1.54, 1.807) is 0 Å². The van der Waals surface area contributed by atoms with E-state index in [0.717, 1.165) is 39.1 Å². The summed E-state index contributed by atoms with van der Waals surface area (Å²) in [5, 5.41) is 11.8. The summed E-state index contributed by atoms with van der Waals surface area (Å²) in [6.45, 7) is 11.6. The van der Waals surface area contributed by atoms with Gasteiger partial charge in [-0.15, -0.1) is 0 Å². The first-order valence-electron chi connectivity index (χ1n) is 8.91. The Kier molecular flexibility index (Phi) is 4.13. The van der Waals surface area contributed by atoms with Gasteiger partial charge in [0.2, 0.25) is 0 Å². The van der Waals surface area contributed by atoms with Crippen molar-refractivity contribution < 1.29 is 9.84 Å². The summed E-state index contributed by atoms with van der Waals surface area (Å²) in [5.41, 5.74) is -0.370. The molecule has 128 valence electrons. The number of morpholine rings is 1. The standard InChI is InChI=1S/C18H34N2O2/c1-16(2)14-6-7-17(16,3)18(21,12-14)15-13-22-11-10-20(15)9-8-19(4)5/h14-15,21H,6-13H2,1-5H3. The Morgan fingerprint density at radius 2 is 2.00 bits per heavy atom. The molecule has 3 rings (SSSR count). The van der Waals surface area contributed by atoms with Gasteiger partial charge in [0.1, 0.15) is 0 Å². The van der Waals surface area contributed by atoms with Crippen molar-refractivity contribution in [2.45, 2.75) is 51.7 Å². The van der Waals surface area contributed by atoms with Crippen molar-refractivity contribution in [3.8, 4) is 0 Å². The first kappa shape index (κ1) is 16.7. The van der Waals surface area contributed by atoms with Gasteiger partial charge in [0, 0.05) is 25.0 Å². The molecule has 2 saturated carbocycles. The van der Waals surface area contributed by atoms with Crippen LogP contribution in [0, 0.1) is 16.7 Å². The van der Waals surface area contributed by atoms with E-state index in [1.807, 2.05) is 0 Å². The lowest BCUT2D eigenvalue weighted by Gasteiger charge is -2.53. The first-order chi connectivity index (χ1) is 10.2. The van der Waals surface area contributed by atoms with Crippen LogP contribution in [0.4, 0.5) is 0 Å². The Labute approximate surface area is 135 Å². The van der Waals surface area contributed by atoms with Gasteiger partial charge >= 0.3 is 0 Å². The summed E-state index contributed by atoms with van der Waals surface area (Å²) in [4.78, 5) is 4.72. The molecule has 0 aromatic heterocycles. The highest BCUT2D eigenvalue weighted by atomic mass is 16.5. The van der Waals surface area contributed by atoms with Crippen LogP contribution >= 0.6 is 0 Å². The van der Waals surface area contributed by atoms with Crippen molar-refractivity contribution >= 4 is 0 Å². The highest BCUT2D eigenvalue weighted by Gasteiger charge is 2.71. The zero-order valence-electron chi connectivity index (χ0n) is 15.1. The van der Waals surface area contributed by atoms with E-state index in [9.17, 15) is 5.11 Å². The van der Waals surface area contributed by atoms with Gasteiger partial charge in [-0.3, -0.25) is 4.90 Å². The monoisotopic (exact) mass is 310 g/mol. The van der Waals surface area contributed by atoms with Crippen LogP contribution in [0.5, 0.6) is 0 Å². The second-order valence-corrected chi connectivity index (χ2v) is 8.85. The van der Waals surface area contributed by atoms with E-state index < -0.39 is 5.60 Å². The van der Waals surface area contributed by atoms with Crippen molar-refractivity contribution in [1.29, 1.82) is 0 Å². The fraction of sp³-hybridized carbons (Fsp3) is 1.00.